The maximum absolute atomic E-state index is 15.0. The monoisotopic (exact) mass is 566 g/mol. The molecule has 0 aliphatic carbocycles. The van der Waals surface area contributed by atoms with Crippen LogP contribution in [0.3, 0.4) is 0 Å². The molecule has 2 amide bonds. The van der Waals surface area contributed by atoms with Crippen molar-refractivity contribution in [1.29, 1.82) is 0 Å². The van der Waals surface area contributed by atoms with Crippen LogP contribution in [0.4, 0.5) is 14.6 Å². The summed E-state index contributed by atoms with van der Waals surface area (Å²) in [6, 6.07) is 0.752. The first kappa shape index (κ1) is 27.9. The van der Waals surface area contributed by atoms with Gasteiger partial charge in [0.15, 0.2) is 23.1 Å². The average Bonchev–Trinajstić information content (AvgIpc) is 3.63. The summed E-state index contributed by atoms with van der Waals surface area (Å²) in [4.78, 5) is 33.4. The van der Waals surface area contributed by atoms with E-state index < -0.39 is 17.2 Å². The number of carbonyl (C=O) groups is 2. The average molecular weight is 567 g/mol. The number of methoxy groups -OCH3 is 2. The minimum absolute atomic E-state index is 0.0373. The van der Waals surface area contributed by atoms with Gasteiger partial charge in [-0.2, -0.15) is 5.10 Å². The summed E-state index contributed by atoms with van der Waals surface area (Å²) in [6.45, 7) is 5.90. The number of benzene rings is 1. The lowest BCUT2D eigenvalue weighted by atomic mass is 10.1. The number of anilines is 1. The molecule has 2 saturated heterocycles. The van der Waals surface area contributed by atoms with E-state index in [1.54, 1.807) is 14.5 Å². The highest BCUT2D eigenvalue weighted by Crippen LogP contribution is 2.34. The largest absolute Gasteiger partial charge is 0.493 e. The molecule has 13 heteroatoms. The number of rotatable bonds is 5. The molecule has 2 aromatic heterocycles. The Bertz CT molecular complexity index is 1580. The zero-order valence-electron chi connectivity index (χ0n) is 22.6. The van der Waals surface area contributed by atoms with Crippen LogP contribution < -0.4 is 15.2 Å². The van der Waals surface area contributed by atoms with Crippen molar-refractivity contribution < 1.29 is 32.6 Å². The zero-order chi connectivity index (χ0) is 29.3. The molecule has 2 N–H and O–H groups in total. The Morgan fingerprint density at radius 2 is 1.80 bits per heavy atom. The molecule has 1 atom stereocenters. The molecule has 41 heavy (non-hydrogen) atoms. The van der Waals surface area contributed by atoms with Crippen molar-refractivity contribution in [3.05, 3.63) is 53.4 Å². The first-order valence-electron chi connectivity index (χ1n) is 12.9. The maximum atomic E-state index is 15.0. The van der Waals surface area contributed by atoms with Gasteiger partial charge in [-0.3, -0.25) is 14.3 Å². The van der Waals surface area contributed by atoms with Gasteiger partial charge in [-0.15, -0.1) is 0 Å². The van der Waals surface area contributed by atoms with Gasteiger partial charge in [0.05, 0.1) is 49.9 Å². The first-order chi connectivity index (χ1) is 19.8. The van der Waals surface area contributed by atoms with Crippen molar-refractivity contribution in [2.24, 2.45) is 0 Å². The van der Waals surface area contributed by atoms with Gasteiger partial charge in [-0.1, -0.05) is 12.5 Å². The van der Waals surface area contributed by atoms with Crippen molar-refractivity contribution in [3.8, 4) is 23.3 Å². The number of hydrogen-bond donors (Lipinski definition) is 1. The van der Waals surface area contributed by atoms with Crippen LogP contribution >= 0.6 is 0 Å². The van der Waals surface area contributed by atoms with E-state index in [2.05, 4.69) is 28.5 Å². The number of carbonyl (C=O) groups excluding carboxylic acids is 2. The van der Waals surface area contributed by atoms with E-state index in [1.165, 1.54) is 26.5 Å². The SMILES string of the molecule is C=CC(=O)N1CC[C@H](n2nc(C#Cc3c(F)c(OC)cc(OC)c3F)c3c(N)ncc(C(=O)N4CCOCC4)c32)C1. The first-order valence-corrected chi connectivity index (χ1v) is 12.9. The Labute approximate surface area is 234 Å². The fourth-order valence-electron chi connectivity index (χ4n) is 5.03. The molecule has 0 bridgehead atoms. The van der Waals surface area contributed by atoms with E-state index in [9.17, 15) is 9.59 Å². The Morgan fingerprint density at radius 3 is 2.44 bits per heavy atom. The van der Waals surface area contributed by atoms with Crippen LogP contribution in [0, 0.1) is 23.5 Å². The fraction of sp³-hybridized carbons (Fsp3) is 0.357. The molecule has 0 unspecified atom stereocenters. The van der Waals surface area contributed by atoms with Crippen molar-refractivity contribution in [2.45, 2.75) is 12.5 Å². The smallest absolute Gasteiger partial charge is 0.257 e. The van der Waals surface area contributed by atoms with Gasteiger partial charge < -0.3 is 29.7 Å². The van der Waals surface area contributed by atoms with Gasteiger partial charge in [0, 0.05) is 38.4 Å². The summed E-state index contributed by atoms with van der Waals surface area (Å²) in [5.74, 6) is 2.24. The number of nitrogen functional groups attached to an aromatic ring is 1. The summed E-state index contributed by atoms with van der Waals surface area (Å²) in [5.41, 5.74) is 6.39. The quantitative estimate of drug-likeness (QED) is 0.368. The Kier molecular flexibility index (Phi) is 7.76. The number of halogens is 2. The van der Waals surface area contributed by atoms with Gasteiger partial charge in [0.2, 0.25) is 5.91 Å². The Hall–Kier alpha value is -4.70. The van der Waals surface area contributed by atoms with Crippen LogP contribution in [0.25, 0.3) is 10.9 Å². The number of likely N-dealkylation sites (tertiary alicyclic amines) is 1. The maximum Gasteiger partial charge on any atom is 0.257 e. The van der Waals surface area contributed by atoms with Crippen LogP contribution in [-0.4, -0.2) is 90.0 Å². The molecule has 2 aliphatic heterocycles. The summed E-state index contributed by atoms with van der Waals surface area (Å²) >= 11 is 0. The van der Waals surface area contributed by atoms with Crippen LogP contribution in [0.2, 0.25) is 0 Å². The highest BCUT2D eigenvalue weighted by atomic mass is 19.1. The highest BCUT2D eigenvalue weighted by Gasteiger charge is 2.32. The molecule has 3 aromatic rings. The number of pyridine rings is 1. The van der Waals surface area contributed by atoms with E-state index in [0.29, 0.717) is 51.3 Å². The third kappa shape index (κ3) is 5.02. The number of amides is 2. The van der Waals surface area contributed by atoms with Crippen molar-refractivity contribution in [3.63, 3.8) is 0 Å². The number of aromatic nitrogens is 3. The standard InChI is InChI=1S/C28H28F2N6O5/c1-4-22(37)35-8-7-16(15-35)36-26-18(28(38)34-9-11-41-12-10-34)14-32-27(31)23(26)19(33-36)6-5-17-24(29)20(39-2)13-21(40-3)25(17)30/h4,13-14,16H,1,7-12,15H2,2-3H3,(H2,31,32)/t16-/m0/s1. The number of morpholine rings is 1. The number of ether oxygens (including phenoxy) is 3. The predicted molar refractivity (Wildman–Crippen MR) is 145 cm³/mol. The Balaban J connectivity index is 1.69. The van der Waals surface area contributed by atoms with Gasteiger partial charge >= 0.3 is 0 Å². The molecule has 2 aliphatic rings. The summed E-state index contributed by atoms with van der Waals surface area (Å²) in [6.07, 6.45) is 3.16. The molecule has 0 saturated carbocycles. The van der Waals surface area contributed by atoms with Crippen LogP contribution in [0.5, 0.6) is 11.5 Å². The molecule has 0 spiro atoms. The van der Waals surface area contributed by atoms with Crippen molar-refractivity contribution >= 4 is 28.5 Å². The molecule has 214 valence electrons. The summed E-state index contributed by atoms with van der Waals surface area (Å²) in [5, 5.41) is 4.92. The van der Waals surface area contributed by atoms with E-state index in [4.69, 9.17) is 19.9 Å². The third-order valence-electron chi connectivity index (χ3n) is 7.16. The second-order valence-corrected chi connectivity index (χ2v) is 9.44. The molecule has 1 aromatic carbocycles. The van der Waals surface area contributed by atoms with Gasteiger partial charge in [0.1, 0.15) is 17.1 Å². The minimum atomic E-state index is -1.01. The van der Waals surface area contributed by atoms with Crippen LogP contribution in [0.15, 0.2) is 24.9 Å². The summed E-state index contributed by atoms with van der Waals surface area (Å²) < 4.78 is 47.1. The second kappa shape index (κ2) is 11.4. The lowest BCUT2D eigenvalue weighted by Crippen LogP contribution is -2.41. The molecule has 2 fully saturated rings. The number of hydrogen-bond acceptors (Lipinski definition) is 8. The van der Waals surface area contributed by atoms with Crippen molar-refractivity contribution in [1.82, 2.24) is 24.6 Å². The number of fused-ring (bicyclic) bond motifs is 1. The number of nitrogens with two attached hydrogens (primary N) is 1. The normalized spacial score (nSPS) is 16.8. The highest BCUT2D eigenvalue weighted by molar-refractivity contribution is 6.09. The van der Waals surface area contributed by atoms with Gasteiger partial charge in [-0.05, 0) is 18.4 Å². The molecular formula is C28H28F2N6O5. The molecule has 11 nitrogen and oxygen atoms in total. The Morgan fingerprint density at radius 1 is 1.12 bits per heavy atom. The van der Waals surface area contributed by atoms with Gasteiger partial charge in [0.25, 0.3) is 5.91 Å². The summed E-state index contributed by atoms with van der Waals surface area (Å²) in [7, 11) is 2.48. The predicted octanol–water partition coefficient (Wildman–Crippen LogP) is 2.14. The number of nitrogens with zero attached hydrogens (tertiary/aromatic N) is 5. The topological polar surface area (TPSA) is 125 Å². The van der Waals surface area contributed by atoms with E-state index in [1.807, 2.05) is 0 Å². The lowest BCUT2D eigenvalue weighted by molar-refractivity contribution is -0.125. The van der Waals surface area contributed by atoms with Crippen LogP contribution in [-0.2, 0) is 9.53 Å². The molecule has 0 radical (unpaired) electrons. The zero-order valence-corrected chi connectivity index (χ0v) is 22.6. The molecule has 4 heterocycles. The van der Waals surface area contributed by atoms with E-state index >= 15 is 8.78 Å². The molecule has 5 rings (SSSR count). The lowest BCUT2D eigenvalue weighted by Gasteiger charge is -2.27. The third-order valence-corrected chi connectivity index (χ3v) is 7.16. The van der Waals surface area contributed by atoms with Crippen LogP contribution in [0.1, 0.15) is 34.1 Å². The fourth-order valence-corrected chi connectivity index (χ4v) is 5.03. The van der Waals surface area contributed by atoms with Crippen molar-refractivity contribution in [2.75, 3.05) is 59.3 Å². The van der Waals surface area contributed by atoms with Gasteiger partial charge in [-0.25, -0.2) is 13.8 Å². The van der Waals surface area contributed by atoms with E-state index in [-0.39, 0.29) is 51.8 Å². The minimum Gasteiger partial charge on any atom is -0.493 e. The second-order valence-electron chi connectivity index (χ2n) is 9.44. The molecular weight excluding hydrogens is 538 g/mol. The van der Waals surface area contributed by atoms with E-state index in [0.717, 1.165) is 6.07 Å².